The molecular formula is C12H11BrO4S. The minimum atomic E-state index is -3.12. The molecule has 96 valence electrons. The van der Waals surface area contributed by atoms with E-state index in [0.29, 0.717) is 10.2 Å². The number of allylic oxidation sites excluding steroid dienone is 1. The molecule has 0 amide bonds. The van der Waals surface area contributed by atoms with Crippen LogP contribution in [0.25, 0.3) is 0 Å². The minimum Gasteiger partial charge on any atom is -0.425 e. The molecular weight excluding hydrogens is 320 g/mol. The van der Waals surface area contributed by atoms with Crippen LogP contribution in [0.5, 0.6) is 5.75 Å². The molecule has 1 aliphatic heterocycles. The maximum Gasteiger partial charge on any atom is 0.311 e. The first-order chi connectivity index (χ1) is 8.46. The summed E-state index contributed by atoms with van der Waals surface area (Å²) in [7, 11) is -3.12. The van der Waals surface area contributed by atoms with Crippen LogP contribution >= 0.6 is 15.9 Å². The molecule has 0 saturated carbocycles. The largest absolute Gasteiger partial charge is 0.425 e. The van der Waals surface area contributed by atoms with Crippen LogP contribution < -0.4 is 4.74 Å². The Morgan fingerprint density at radius 2 is 2.11 bits per heavy atom. The van der Waals surface area contributed by atoms with Gasteiger partial charge in [0.1, 0.15) is 5.75 Å². The van der Waals surface area contributed by atoms with E-state index in [9.17, 15) is 13.2 Å². The topological polar surface area (TPSA) is 60.4 Å². The highest BCUT2D eigenvalue weighted by molar-refractivity contribution is 9.10. The average Bonchev–Trinajstić information content (AvgIpc) is 2.61. The number of sulfone groups is 1. The lowest BCUT2D eigenvalue weighted by molar-refractivity contribution is -0.135. The fourth-order valence-electron chi connectivity index (χ4n) is 1.67. The Kier molecular flexibility index (Phi) is 3.87. The molecule has 1 aromatic rings. The van der Waals surface area contributed by atoms with Gasteiger partial charge in [0.15, 0.2) is 9.84 Å². The number of ether oxygens (including phenoxy) is 1. The summed E-state index contributed by atoms with van der Waals surface area (Å²) in [6.45, 7) is 0. The van der Waals surface area contributed by atoms with Crippen molar-refractivity contribution < 1.29 is 17.9 Å². The smallest absolute Gasteiger partial charge is 0.311 e. The Labute approximate surface area is 114 Å². The molecule has 6 heteroatoms. The van der Waals surface area contributed by atoms with Gasteiger partial charge in [0.05, 0.1) is 16.6 Å². The summed E-state index contributed by atoms with van der Waals surface area (Å²) in [4.78, 5) is 11.7. The van der Waals surface area contributed by atoms with E-state index in [-0.39, 0.29) is 18.1 Å². The number of benzene rings is 1. The van der Waals surface area contributed by atoms with E-state index in [2.05, 4.69) is 15.9 Å². The van der Waals surface area contributed by atoms with Gasteiger partial charge >= 0.3 is 5.97 Å². The van der Waals surface area contributed by atoms with E-state index in [0.717, 1.165) is 5.41 Å². The number of halogens is 1. The van der Waals surface area contributed by atoms with Crippen molar-refractivity contribution in [3.63, 3.8) is 0 Å². The van der Waals surface area contributed by atoms with Crippen molar-refractivity contribution in [3.8, 4) is 5.75 Å². The minimum absolute atomic E-state index is 0.0158. The number of esters is 1. The van der Waals surface area contributed by atoms with Crippen molar-refractivity contribution in [2.24, 2.45) is 5.92 Å². The van der Waals surface area contributed by atoms with Crippen LogP contribution in [0.4, 0.5) is 0 Å². The van der Waals surface area contributed by atoms with Crippen LogP contribution in [-0.2, 0) is 14.6 Å². The fraction of sp³-hybridized carbons (Fsp3) is 0.250. The first-order valence-corrected chi connectivity index (χ1v) is 7.83. The van der Waals surface area contributed by atoms with Crippen molar-refractivity contribution in [2.45, 2.75) is 6.42 Å². The quantitative estimate of drug-likeness (QED) is 0.630. The second-order valence-corrected chi connectivity index (χ2v) is 6.81. The molecule has 0 bridgehead atoms. The van der Waals surface area contributed by atoms with E-state index >= 15 is 0 Å². The van der Waals surface area contributed by atoms with Crippen molar-refractivity contribution in [1.29, 1.82) is 0 Å². The first kappa shape index (κ1) is 13.3. The number of hydrogen-bond donors (Lipinski definition) is 0. The standard InChI is InChI=1S/C12H11BrO4S/c13-10-3-1-2-4-11(10)17-12(14)7-9-5-6-18(15,16)8-9/h1-6,9H,7-8H2. The van der Waals surface area contributed by atoms with Crippen LogP contribution in [0.3, 0.4) is 0 Å². The summed E-state index contributed by atoms with van der Waals surface area (Å²) in [6, 6.07) is 7.01. The molecule has 0 aromatic heterocycles. The molecule has 0 saturated heterocycles. The van der Waals surface area contributed by atoms with Crippen LogP contribution in [0.15, 0.2) is 40.2 Å². The number of carbonyl (C=O) groups excluding carboxylic acids is 1. The van der Waals surface area contributed by atoms with Gasteiger partial charge in [-0.3, -0.25) is 4.79 Å². The average molecular weight is 331 g/mol. The Balaban J connectivity index is 1.95. The molecule has 1 aromatic carbocycles. The molecule has 1 unspecified atom stereocenters. The second-order valence-electron chi connectivity index (χ2n) is 4.03. The summed E-state index contributed by atoms with van der Waals surface area (Å²) in [5.41, 5.74) is 0. The van der Waals surface area contributed by atoms with Crippen molar-refractivity contribution >= 4 is 31.7 Å². The lowest BCUT2D eigenvalue weighted by Crippen LogP contribution is -2.15. The Bertz CT molecular complexity index is 592. The van der Waals surface area contributed by atoms with Gasteiger partial charge in [0.25, 0.3) is 0 Å². The molecule has 2 rings (SSSR count). The van der Waals surface area contributed by atoms with E-state index in [1.165, 1.54) is 6.08 Å². The highest BCUT2D eigenvalue weighted by Gasteiger charge is 2.24. The lowest BCUT2D eigenvalue weighted by Gasteiger charge is -2.08. The maximum absolute atomic E-state index is 11.7. The van der Waals surface area contributed by atoms with E-state index < -0.39 is 15.8 Å². The zero-order chi connectivity index (χ0) is 13.2. The van der Waals surface area contributed by atoms with Gasteiger partial charge in [-0.2, -0.15) is 0 Å². The SMILES string of the molecule is O=C(CC1C=CS(=O)(=O)C1)Oc1ccccc1Br. The van der Waals surface area contributed by atoms with Crippen LogP contribution in [-0.4, -0.2) is 20.1 Å². The monoisotopic (exact) mass is 330 g/mol. The van der Waals surface area contributed by atoms with Crippen LogP contribution in [0, 0.1) is 5.92 Å². The van der Waals surface area contributed by atoms with Gasteiger partial charge in [-0.25, -0.2) is 8.42 Å². The molecule has 0 fully saturated rings. The maximum atomic E-state index is 11.7. The normalized spacial score (nSPS) is 20.8. The van der Waals surface area contributed by atoms with Crippen LogP contribution in [0.1, 0.15) is 6.42 Å². The molecule has 0 N–H and O–H groups in total. The molecule has 0 spiro atoms. The van der Waals surface area contributed by atoms with Gasteiger partial charge in [0, 0.05) is 11.3 Å². The Hall–Kier alpha value is -1.14. The van der Waals surface area contributed by atoms with Crippen molar-refractivity contribution in [2.75, 3.05) is 5.75 Å². The third-order valence-electron chi connectivity index (χ3n) is 2.49. The highest BCUT2D eigenvalue weighted by atomic mass is 79.9. The second kappa shape index (κ2) is 5.24. The van der Waals surface area contributed by atoms with E-state index in [1.54, 1.807) is 18.2 Å². The predicted molar refractivity (Wildman–Crippen MR) is 70.8 cm³/mol. The molecule has 1 aliphatic rings. The molecule has 0 radical (unpaired) electrons. The third kappa shape index (κ3) is 3.43. The van der Waals surface area contributed by atoms with E-state index in [1.807, 2.05) is 6.07 Å². The summed E-state index contributed by atoms with van der Waals surface area (Å²) in [6.07, 6.45) is 1.60. The third-order valence-corrected chi connectivity index (χ3v) is 4.61. The lowest BCUT2D eigenvalue weighted by atomic mass is 10.1. The summed E-state index contributed by atoms with van der Waals surface area (Å²) < 4.78 is 28.2. The zero-order valence-electron chi connectivity index (χ0n) is 9.37. The molecule has 1 atom stereocenters. The Morgan fingerprint density at radius 3 is 2.72 bits per heavy atom. The fourth-order valence-corrected chi connectivity index (χ4v) is 3.44. The highest BCUT2D eigenvalue weighted by Crippen LogP contribution is 2.25. The van der Waals surface area contributed by atoms with Gasteiger partial charge < -0.3 is 4.74 Å². The molecule has 18 heavy (non-hydrogen) atoms. The number of para-hydroxylation sites is 1. The van der Waals surface area contributed by atoms with Crippen molar-refractivity contribution in [1.82, 2.24) is 0 Å². The predicted octanol–water partition coefficient (Wildman–Crippen LogP) is 2.30. The summed E-state index contributed by atoms with van der Waals surface area (Å²) in [5.74, 6) is -0.302. The molecule has 4 nitrogen and oxygen atoms in total. The van der Waals surface area contributed by atoms with E-state index in [4.69, 9.17) is 4.74 Å². The number of carbonyl (C=O) groups is 1. The van der Waals surface area contributed by atoms with Gasteiger partial charge in [-0.05, 0) is 28.1 Å². The Morgan fingerprint density at radius 1 is 1.39 bits per heavy atom. The van der Waals surface area contributed by atoms with Crippen LogP contribution in [0.2, 0.25) is 0 Å². The zero-order valence-corrected chi connectivity index (χ0v) is 11.8. The van der Waals surface area contributed by atoms with Gasteiger partial charge in [-0.1, -0.05) is 18.2 Å². The molecule has 1 heterocycles. The number of hydrogen-bond acceptors (Lipinski definition) is 4. The van der Waals surface area contributed by atoms with Crippen molar-refractivity contribution in [3.05, 3.63) is 40.2 Å². The number of rotatable bonds is 3. The summed E-state index contributed by atoms with van der Waals surface area (Å²) >= 11 is 3.27. The first-order valence-electron chi connectivity index (χ1n) is 5.32. The van der Waals surface area contributed by atoms with Gasteiger partial charge in [0.2, 0.25) is 0 Å². The molecule has 0 aliphatic carbocycles. The van der Waals surface area contributed by atoms with Gasteiger partial charge in [-0.15, -0.1) is 0 Å². The summed E-state index contributed by atoms with van der Waals surface area (Å²) in [5, 5.41) is 1.16.